The zero-order valence-electron chi connectivity index (χ0n) is 15.9. The summed E-state index contributed by atoms with van der Waals surface area (Å²) in [4.78, 5) is 4.53. The van der Waals surface area contributed by atoms with Crippen LogP contribution in [0.15, 0.2) is 65.2 Å². The van der Waals surface area contributed by atoms with Gasteiger partial charge in [0.25, 0.3) is 0 Å². The van der Waals surface area contributed by atoms with Crippen LogP contribution in [0.5, 0.6) is 5.75 Å². The maximum absolute atomic E-state index is 5.95. The monoisotopic (exact) mass is 365 g/mol. The third kappa shape index (κ3) is 5.42. The summed E-state index contributed by atoms with van der Waals surface area (Å²) >= 11 is 0. The van der Waals surface area contributed by atoms with E-state index in [1.165, 1.54) is 5.57 Å². The molecule has 1 aliphatic heterocycles. The van der Waals surface area contributed by atoms with Crippen LogP contribution < -0.4 is 16.0 Å². The zero-order chi connectivity index (χ0) is 19.1. The molecule has 27 heavy (non-hydrogen) atoms. The normalized spacial score (nSPS) is 17.7. The number of rotatable bonds is 6. The largest absolute Gasteiger partial charge is 0.483 e. The summed E-state index contributed by atoms with van der Waals surface area (Å²) in [6.07, 6.45) is 15.4. The third-order valence-corrected chi connectivity index (χ3v) is 4.32. The molecule has 5 heteroatoms. The predicted octanol–water partition coefficient (Wildman–Crippen LogP) is 3.54. The average molecular weight is 365 g/mol. The number of amidine groups is 1. The first-order valence-corrected chi connectivity index (χ1v) is 9.20. The van der Waals surface area contributed by atoms with Crippen molar-refractivity contribution in [2.24, 2.45) is 10.8 Å². The van der Waals surface area contributed by atoms with Crippen molar-refractivity contribution >= 4 is 11.9 Å². The maximum atomic E-state index is 5.95. The van der Waals surface area contributed by atoms with E-state index in [4.69, 9.17) is 15.3 Å². The van der Waals surface area contributed by atoms with Crippen LogP contribution in [-0.4, -0.2) is 31.2 Å². The number of allylic oxidation sites excluding steroid dienone is 5. The molecule has 0 spiro atoms. The van der Waals surface area contributed by atoms with Gasteiger partial charge in [-0.2, -0.15) is 0 Å². The number of nitrogens with zero attached hydrogens (tertiary/aromatic N) is 1. The summed E-state index contributed by atoms with van der Waals surface area (Å²) in [5.41, 5.74) is 5.60. The van der Waals surface area contributed by atoms with Gasteiger partial charge in [0.1, 0.15) is 17.2 Å². The highest BCUT2D eigenvalue weighted by Crippen LogP contribution is 2.31. The van der Waals surface area contributed by atoms with E-state index in [9.17, 15) is 0 Å². The smallest absolute Gasteiger partial charge is 0.142 e. The Morgan fingerprint density at radius 2 is 2.19 bits per heavy atom. The molecule has 3 N–H and O–H groups in total. The molecular formula is C22H27N3O2. The SMILES string of the molecule is CC1(C)C=Cc2cc(C(=NCCOCC3=CC=CC=CC3)NN)ccc2O1. The molecular weight excluding hydrogens is 338 g/mol. The lowest BCUT2D eigenvalue weighted by Gasteiger charge is -2.28. The van der Waals surface area contributed by atoms with Crippen LogP contribution in [0.1, 0.15) is 31.4 Å². The number of ether oxygens (including phenoxy) is 2. The number of hydrogen-bond acceptors (Lipinski definition) is 4. The number of fused-ring (bicyclic) bond motifs is 1. The highest BCUT2D eigenvalue weighted by atomic mass is 16.5. The Hall–Kier alpha value is -2.63. The Kier molecular flexibility index (Phi) is 6.27. The second kappa shape index (κ2) is 8.84. The van der Waals surface area contributed by atoms with Crippen LogP contribution in [0.25, 0.3) is 6.08 Å². The molecule has 0 aromatic heterocycles. The van der Waals surface area contributed by atoms with Crippen LogP contribution >= 0.6 is 0 Å². The van der Waals surface area contributed by atoms with E-state index in [0.717, 1.165) is 23.3 Å². The molecule has 0 atom stereocenters. The molecule has 3 rings (SSSR count). The van der Waals surface area contributed by atoms with E-state index in [2.05, 4.69) is 28.6 Å². The molecule has 0 unspecified atom stereocenters. The average Bonchev–Trinajstić information content (AvgIpc) is 2.92. The fourth-order valence-electron chi connectivity index (χ4n) is 2.90. The van der Waals surface area contributed by atoms with Gasteiger partial charge >= 0.3 is 0 Å². The molecule has 1 aliphatic carbocycles. The third-order valence-electron chi connectivity index (χ3n) is 4.32. The van der Waals surface area contributed by atoms with Crippen molar-refractivity contribution < 1.29 is 9.47 Å². The van der Waals surface area contributed by atoms with Gasteiger partial charge < -0.3 is 14.9 Å². The highest BCUT2D eigenvalue weighted by Gasteiger charge is 2.21. The fourth-order valence-corrected chi connectivity index (χ4v) is 2.90. The molecule has 0 fully saturated rings. The molecule has 0 bridgehead atoms. The van der Waals surface area contributed by atoms with Gasteiger partial charge in [0.05, 0.1) is 19.8 Å². The summed E-state index contributed by atoms with van der Waals surface area (Å²) < 4.78 is 11.7. The topological polar surface area (TPSA) is 68.9 Å². The summed E-state index contributed by atoms with van der Waals surface area (Å²) in [5, 5.41) is 0. The Morgan fingerprint density at radius 3 is 3.04 bits per heavy atom. The van der Waals surface area contributed by atoms with E-state index in [-0.39, 0.29) is 5.60 Å². The van der Waals surface area contributed by atoms with Gasteiger partial charge in [-0.15, -0.1) is 0 Å². The lowest BCUT2D eigenvalue weighted by atomic mass is 10.0. The van der Waals surface area contributed by atoms with E-state index in [0.29, 0.717) is 25.6 Å². The molecule has 1 aromatic carbocycles. The van der Waals surface area contributed by atoms with Crippen LogP contribution in [0, 0.1) is 0 Å². The Morgan fingerprint density at radius 1 is 1.30 bits per heavy atom. The molecule has 5 nitrogen and oxygen atoms in total. The molecule has 1 heterocycles. The molecule has 142 valence electrons. The summed E-state index contributed by atoms with van der Waals surface area (Å²) in [6, 6.07) is 5.94. The van der Waals surface area contributed by atoms with Gasteiger partial charge in [0, 0.05) is 11.1 Å². The number of hydrogen-bond donors (Lipinski definition) is 2. The van der Waals surface area contributed by atoms with E-state index in [1.54, 1.807) is 0 Å². The van der Waals surface area contributed by atoms with Crippen molar-refractivity contribution in [1.29, 1.82) is 0 Å². The lowest BCUT2D eigenvalue weighted by molar-refractivity contribution is 0.159. The van der Waals surface area contributed by atoms with E-state index < -0.39 is 0 Å². The predicted molar refractivity (Wildman–Crippen MR) is 111 cm³/mol. The first kappa shape index (κ1) is 19.1. The van der Waals surface area contributed by atoms with Crippen molar-refractivity contribution in [3.63, 3.8) is 0 Å². The fraction of sp³-hybridized carbons (Fsp3) is 0.318. The summed E-state index contributed by atoms with van der Waals surface area (Å²) in [6.45, 7) is 5.76. The van der Waals surface area contributed by atoms with Gasteiger partial charge in [-0.25, -0.2) is 5.84 Å². The second-order valence-electron chi connectivity index (χ2n) is 7.06. The first-order valence-electron chi connectivity index (χ1n) is 9.20. The van der Waals surface area contributed by atoms with Crippen molar-refractivity contribution in [3.8, 4) is 5.75 Å². The lowest BCUT2D eigenvalue weighted by Crippen LogP contribution is -2.32. The molecule has 1 aromatic rings. The standard InChI is InChI=1S/C22H27N3O2/c1-22(2)12-11-18-15-19(9-10-20(18)27-22)21(25-23)24-13-14-26-16-17-7-5-3-4-6-8-17/h3-7,9-12,15H,8,13-14,16,23H2,1-2H3,(H,24,25). The van der Waals surface area contributed by atoms with Crippen molar-refractivity contribution in [2.45, 2.75) is 25.9 Å². The Balaban J connectivity index is 1.56. The van der Waals surface area contributed by atoms with Gasteiger partial charge in [0.2, 0.25) is 0 Å². The number of aliphatic imine (C=N–C) groups is 1. The van der Waals surface area contributed by atoms with Crippen molar-refractivity contribution in [3.05, 3.63) is 71.4 Å². The maximum Gasteiger partial charge on any atom is 0.142 e. The Bertz CT molecular complexity index is 817. The van der Waals surface area contributed by atoms with Crippen LogP contribution in [0.2, 0.25) is 0 Å². The zero-order valence-corrected chi connectivity index (χ0v) is 15.9. The molecule has 0 saturated carbocycles. The second-order valence-corrected chi connectivity index (χ2v) is 7.06. The minimum Gasteiger partial charge on any atom is -0.483 e. The van der Waals surface area contributed by atoms with Crippen molar-refractivity contribution in [1.82, 2.24) is 5.43 Å². The van der Waals surface area contributed by atoms with E-state index in [1.807, 2.05) is 56.4 Å². The first-order chi connectivity index (χ1) is 13.1. The van der Waals surface area contributed by atoms with Gasteiger partial charge in [-0.1, -0.05) is 36.5 Å². The van der Waals surface area contributed by atoms with E-state index >= 15 is 0 Å². The van der Waals surface area contributed by atoms with Crippen molar-refractivity contribution in [2.75, 3.05) is 19.8 Å². The highest BCUT2D eigenvalue weighted by molar-refractivity contribution is 5.99. The quantitative estimate of drug-likeness (QED) is 0.266. The summed E-state index contributed by atoms with van der Waals surface area (Å²) in [7, 11) is 0. The molecule has 0 amide bonds. The summed E-state index contributed by atoms with van der Waals surface area (Å²) in [5.74, 6) is 7.18. The number of nitrogens with two attached hydrogens (primary N) is 1. The minimum atomic E-state index is -0.284. The molecule has 0 radical (unpaired) electrons. The van der Waals surface area contributed by atoms with Gasteiger partial charge in [0.15, 0.2) is 0 Å². The molecule has 0 saturated heterocycles. The van der Waals surface area contributed by atoms with Gasteiger partial charge in [-0.3, -0.25) is 4.99 Å². The number of nitrogens with one attached hydrogen (secondary N) is 1. The van der Waals surface area contributed by atoms with Gasteiger partial charge in [-0.05, 0) is 50.1 Å². The minimum absolute atomic E-state index is 0.284. The van der Waals surface area contributed by atoms with Crippen LogP contribution in [0.3, 0.4) is 0 Å². The van der Waals surface area contributed by atoms with Crippen LogP contribution in [0.4, 0.5) is 0 Å². The Labute approximate surface area is 160 Å². The number of hydrazine groups is 1. The van der Waals surface area contributed by atoms with Crippen LogP contribution in [-0.2, 0) is 4.74 Å². The molecule has 2 aliphatic rings. The number of benzene rings is 1.